The maximum absolute atomic E-state index is 10.6. The van der Waals surface area contributed by atoms with Gasteiger partial charge in [0.1, 0.15) is 5.92 Å². The van der Waals surface area contributed by atoms with E-state index in [4.69, 9.17) is 5.26 Å². The van der Waals surface area contributed by atoms with E-state index in [1.807, 2.05) is 13.0 Å². The van der Waals surface area contributed by atoms with Crippen molar-refractivity contribution >= 4 is 0 Å². The average molecular weight is 178 g/mol. The second kappa shape index (κ2) is 3.40. The van der Waals surface area contributed by atoms with Crippen LogP contribution in [0.4, 0.5) is 0 Å². The monoisotopic (exact) mass is 178 g/mol. The molecule has 1 unspecified atom stereocenters. The Labute approximate surface area is 76.3 Å². The minimum atomic E-state index is -0.583. The second-order valence-corrected chi connectivity index (χ2v) is 3.20. The van der Waals surface area contributed by atoms with Crippen LogP contribution in [0.25, 0.3) is 0 Å². The Kier molecular flexibility index (Phi) is 2.47. The third kappa shape index (κ3) is 1.75. The average Bonchev–Trinajstić information content (AvgIpc) is 2.01. The van der Waals surface area contributed by atoms with Gasteiger partial charge >= 0.3 is 0 Å². The normalized spacial score (nSPS) is 22.2. The molecule has 1 aliphatic carbocycles. The van der Waals surface area contributed by atoms with E-state index in [9.17, 15) is 10.1 Å². The molecule has 1 aliphatic rings. The van der Waals surface area contributed by atoms with Gasteiger partial charge < -0.3 is 0 Å². The number of hydrogen-bond acceptors (Lipinski definition) is 3. The molecular formula is C9H10N2O2. The fraction of sp³-hybridized carbons (Fsp3) is 0.444. The molecule has 0 aromatic carbocycles. The van der Waals surface area contributed by atoms with Gasteiger partial charge in [-0.05, 0) is 20.3 Å². The molecule has 0 heterocycles. The maximum Gasteiger partial charge on any atom is 0.266 e. The quantitative estimate of drug-likeness (QED) is 0.455. The van der Waals surface area contributed by atoms with Gasteiger partial charge in [0.15, 0.2) is 0 Å². The highest BCUT2D eigenvalue weighted by molar-refractivity contribution is 5.32. The first kappa shape index (κ1) is 9.46. The standard InChI is InChI=1S/C9H10N2O2/c1-6-3-7(2)9(11(12)13)8(4-6)5-10/h3,8H,4H2,1-2H3. The predicted molar refractivity (Wildman–Crippen MR) is 47.2 cm³/mol. The molecule has 0 aromatic heterocycles. The molecule has 0 aliphatic heterocycles. The molecule has 0 saturated carbocycles. The number of allylic oxidation sites excluding steroid dienone is 4. The lowest BCUT2D eigenvalue weighted by molar-refractivity contribution is -0.433. The Bertz CT molecular complexity index is 347. The van der Waals surface area contributed by atoms with Crippen molar-refractivity contribution in [2.45, 2.75) is 20.3 Å². The zero-order valence-electron chi connectivity index (χ0n) is 7.57. The zero-order chi connectivity index (χ0) is 10.0. The number of nitrogens with zero attached hydrogens (tertiary/aromatic N) is 2. The van der Waals surface area contributed by atoms with Gasteiger partial charge in [0.05, 0.1) is 11.0 Å². The molecule has 13 heavy (non-hydrogen) atoms. The Morgan fingerprint density at radius 3 is 2.77 bits per heavy atom. The molecule has 0 saturated heterocycles. The molecule has 0 N–H and O–H groups in total. The highest BCUT2D eigenvalue weighted by Crippen LogP contribution is 2.28. The van der Waals surface area contributed by atoms with Gasteiger partial charge in [0.2, 0.25) is 0 Å². The summed E-state index contributed by atoms with van der Waals surface area (Å²) in [6.07, 6.45) is 2.25. The second-order valence-electron chi connectivity index (χ2n) is 3.20. The van der Waals surface area contributed by atoms with E-state index >= 15 is 0 Å². The number of rotatable bonds is 1. The van der Waals surface area contributed by atoms with Crippen molar-refractivity contribution in [2.75, 3.05) is 0 Å². The highest BCUT2D eigenvalue weighted by Gasteiger charge is 2.29. The van der Waals surface area contributed by atoms with Crippen LogP contribution >= 0.6 is 0 Å². The van der Waals surface area contributed by atoms with Crippen molar-refractivity contribution in [3.63, 3.8) is 0 Å². The molecule has 0 bridgehead atoms. The van der Waals surface area contributed by atoms with Crippen LogP contribution in [0.15, 0.2) is 22.9 Å². The van der Waals surface area contributed by atoms with Crippen LogP contribution in [0.5, 0.6) is 0 Å². The van der Waals surface area contributed by atoms with Gasteiger partial charge in [-0.3, -0.25) is 10.1 Å². The summed E-state index contributed by atoms with van der Waals surface area (Å²) in [5.41, 5.74) is 1.67. The molecule has 1 atom stereocenters. The third-order valence-electron chi connectivity index (χ3n) is 2.08. The van der Waals surface area contributed by atoms with Crippen molar-refractivity contribution in [1.29, 1.82) is 5.26 Å². The van der Waals surface area contributed by atoms with Crippen LogP contribution in [0.3, 0.4) is 0 Å². The number of nitriles is 1. The fourth-order valence-electron chi connectivity index (χ4n) is 1.57. The Hall–Kier alpha value is -1.63. The lowest BCUT2D eigenvalue weighted by Gasteiger charge is -2.13. The lowest BCUT2D eigenvalue weighted by atomic mass is 9.89. The SMILES string of the molecule is CC1=CC(C)=C([N+](=O)[O-])C(C#N)C1. The van der Waals surface area contributed by atoms with Gasteiger partial charge in [-0.15, -0.1) is 0 Å². The Morgan fingerprint density at radius 1 is 1.69 bits per heavy atom. The fourth-order valence-corrected chi connectivity index (χ4v) is 1.57. The molecule has 4 nitrogen and oxygen atoms in total. The van der Waals surface area contributed by atoms with E-state index in [0.29, 0.717) is 12.0 Å². The van der Waals surface area contributed by atoms with E-state index in [1.54, 1.807) is 13.0 Å². The van der Waals surface area contributed by atoms with Gasteiger partial charge in [0.25, 0.3) is 5.70 Å². The van der Waals surface area contributed by atoms with E-state index in [2.05, 4.69) is 0 Å². The maximum atomic E-state index is 10.6. The molecule has 0 spiro atoms. The summed E-state index contributed by atoms with van der Waals surface area (Å²) in [7, 11) is 0. The summed E-state index contributed by atoms with van der Waals surface area (Å²) in [5, 5.41) is 19.3. The third-order valence-corrected chi connectivity index (χ3v) is 2.08. The van der Waals surface area contributed by atoms with Crippen molar-refractivity contribution in [3.05, 3.63) is 33.0 Å². The van der Waals surface area contributed by atoms with E-state index < -0.39 is 10.8 Å². The van der Waals surface area contributed by atoms with Gasteiger partial charge in [-0.1, -0.05) is 11.6 Å². The van der Waals surface area contributed by atoms with Gasteiger partial charge in [0, 0.05) is 5.57 Å². The van der Waals surface area contributed by atoms with E-state index in [1.165, 1.54) is 0 Å². The van der Waals surface area contributed by atoms with Crippen LogP contribution in [0, 0.1) is 27.4 Å². The predicted octanol–water partition coefficient (Wildman–Crippen LogP) is 2.03. The molecule has 1 rings (SSSR count). The molecule has 0 aromatic rings. The lowest BCUT2D eigenvalue weighted by Crippen LogP contribution is -2.15. The number of nitro groups is 1. The minimum absolute atomic E-state index is 0.0492. The molecule has 0 amide bonds. The summed E-state index contributed by atoms with van der Waals surface area (Å²) in [6.45, 7) is 3.55. The highest BCUT2D eigenvalue weighted by atomic mass is 16.6. The summed E-state index contributed by atoms with van der Waals surface area (Å²) < 4.78 is 0. The van der Waals surface area contributed by atoms with Crippen LogP contribution < -0.4 is 0 Å². The first-order valence-corrected chi connectivity index (χ1v) is 3.98. The van der Waals surface area contributed by atoms with Crippen LogP contribution in [0.2, 0.25) is 0 Å². The molecule has 0 fully saturated rings. The van der Waals surface area contributed by atoms with Crippen molar-refractivity contribution in [1.82, 2.24) is 0 Å². The van der Waals surface area contributed by atoms with Crippen molar-refractivity contribution in [2.24, 2.45) is 5.92 Å². The largest absolute Gasteiger partial charge is 0.266 e. The van der Waals surface area contributed by atoms with Gasteiger partial charge in [-0.25, -0.2) is 0 Å². The smallest absolute Gasteiger partial charge is 0.259 e. The van der Waals surface area contributed by atoms with Crippen LogP contribution in [-0.2, 0) is 0 Å². The number of hydrogen-bond donors (Lipinski definition) is 0. The first-order valence-electron chi connectivity index (χ1n) is 3.98. The minimum Gasteiger partial charge on any atom is -0.259 e. The molecule has 68 valence electrons. The molecule has 4 heteroatoms. The summed E-state index contributed by atoms with van der Waals surface area (Å²) in [6, 6.07) is 1.96. The van der Waals surface area contributed by atoms with Crippen LogP contribution in [0.1, 0.15) is 20.3 Å². The zero-order valence-corrected chi connectivity index (χ0v) is 7.57. The summed E-state index contributed by atoms with van der Waals surface area (Å²) in [5.74, 6) is -0.583. The topological polar surface area (TPSA) is 66.9 Å². The van der Waals surface area contributed by atoms with Crippen molar-refractivity contribution in [3.8, 4) is 6.07 Å². The summed E-state index contributed by atoms with van der Waals surface area (Å²) >= 11 is 0. The van der Waals surface area contributed by atoms with Crippen LogP contribution in [-0.4, -0.2) is 4.92 Å². The first-order chi connectivity index (χ1) is 6.06. The van der Waals surface area contributed by atoms with E-state index in [-0.39, 0.29) is 5.70 Å². The Balaban J connectivity index is 3.17. The van der Waals surface area contributed by atoms with E-state index in [0.717, 1.165) is 5.57 Å². The summed E-state index contributed by atoms with van der Waals surface area (Å²) in [4.78, 5) is 10.2. The molecular weight excluding hydrogens is 168 g/mol. The Morgan fingerprint density at radius 2 is 2.31 bits per heavy atom. The molecule has 0 radical (unpaired) electrons. The van der Waals surface area contributed by atoms with Crippen molar-refractivity contribution < 1.29 is 4.92 Å². The van der Waals surface area contributed by atoms with Gasteiger partial charge in [-0.2, -0.15) is 5.26 Å².